The van der Waals surface area contributed by atoms with E-state index in [0.717, 1.165) is 54.8 Å². The number of likely N-dealkylation sites (N-methyl/N-ethyl adjacent to an activating group) is 1. The fraction of sp³-hybridized carbons (Fsp3) is 0.750. The number of nitriles is 1. The highest BCUT2D eigenvalue weighted by atomic mass is 32.1. The molecule has 5 heteroatoms. The lowest BCUT2D eigenvalue weighted by Gasteiger charge is -2.33. The number of rotatable bonds is 4. The van der Waals surface area contributed by atoms with Gasteiger partial charge in [-0.1, -0.05) is 27.7 Å². The van der Waals surface area contributed by atoms with E-state index in [1.807, 2.05) is 0 Å². The molecule has 1 aliphatic heterocycles. The summed E-state index contributed by atoms with van der Waals surface area (Å²) in [7, 11) is 0. The summed E-state index contributed by atoms with van der Waals surface area (Å²) in [6.45, 7) is 15.4. The third-order valence-electron chi connectivity index (χ3n) is 3.96. The first kappa shape index (κ1) is 16.4. The molecule has 21 heavy (non-hydrogen) atoms. The van der Waals surface area contributed by atoms with E-state index in [1.54, 1.807) is 11.3 Å². The number of piperazine rings is 1. The SMILES string of the molecule is CCN1CCN(Cc2nc(C(C)(C)C)c(CC#N)s2)CC1. The Labute approximate surface area is 132 Å². The zero-order chi connectivity index (χ0) is 15.5. The van der Waals surface area contributed by atoms with E-state index in [2.05, 4.69) is 43.6 Å². The molecule has 2 rings (SSSR count). The first-order valence-corrected chi connectivity index (χ1v) is 8.56. The Kier molecular flexibility index (Phi) is 5.37. The lowest BCUT2D eigenvalue weighted by atomic mass is 9.91. The highest BCUT2D eigenvalue weighted by Gasteiger charge is 2.24. The van der Waals surface area contributed by atoms with Crippen LogP contribution in [0.3, 0.4) is 0 Å². The largest absolute Gasteiger partial charge is 0.301 e. The molecule has 1 aliphatic rings. The topological polar surface area (TPSA) is 43.2 Å². The van der Waals surface area contributed by atoms with Crippen LogP contribution in [-0.2, 0) is 18.4 Å². The van der Waals surface area contributed by atoms with Gasteiger partial charge in [0.2, 0.25) is 0 Å². The Balaban J connectivity index is 2.06. The second kappa shape index (κ2) is 6.87. The maximum atomic E-state index is 9.01. The van der Waals surface area contributed by atoms with E-state index >= 15 is 0 Å². The molecule has 1 saturated heterocycles. The highest BCUT2D eigenvalue weighted by molar-refractivity contribution is 7.11. The van der Waals surface area contributed by atoms with Gasteiger partial charge in [-0.05, 0) is 6.54 Å². The van der Waals surface area contributed by atoms with E-state index in [4.69, 9.17) is 10.2 Å². The molecule has 0 radical (unpaired) electrons. The summed E-state index contributed by atoms with van der Waals surface area (Å²) in [6, 6.07) is 2.28. The van der Waals surface area contributed by atoms with Crippen LogP contribution >= 0.6 is 11.3 Å². The van der Waals surface area contributed by atoms with Crippen molar-refractivity contribution < 1.29 is 0 Å². The van der Waals surface area contributed by atoms with Crippen molar-refractivity contribution in [2.24, 2.45) is 0 Å². The molecule has 2 heterocycles. The van der Waals surface area contributed by atoms with Crippen molar-refractivity contribution in [1.82, 2.24) is 14.8 Å². The minimum Gasteiger partial charge on any atom is -0.301 e. The second-order valence-electron chi connectivity index (χ2n) is 6.67. The van der Waals surface area contributed by atoms with Crippen molar-refractivity contribution >= 4 is 11.3 Å². The molecule has 0 saturated carbocycles. The van der Waals surface area contributed by atoms with Crippen LogP contribution in [0.4, 0.5) is 0 Å². The Morgan fingerprint density at radius 3 is 2.33 bits per heavy atom. The third kappa shape index (κ3) is 4.26. The fourth-order valence-corrected chi connectivity index (χ4v) is 3.95. The normalized spacial score (nSPS) is 17.9. The molecule has 0 amide bonds. The van der Waals surface area contributed by atoms with E-state index in [9.17, 15) is 0 Å². The predicted molar refractivity (Wildman–Crippen MR) is 87.5 cm³/mol. The average Bonchev–Trinajstić information content (AvgIpc) is 2.83. The fourth-order valence-electron chi connectivity index (χ4n) is 2.70. The molecule has 1 fully saturated rings. The van der Waals surface area contributed by atoms with Gasteiger partial charge in [0.1, 0.15) is 5.01 Å². The van der Waals surface area contributed by atoms with Crippen molar-refractivity contribution in [1.29, 1.82) is 5.26 Å². The van der Waals surface area contributed by atoms with Crippen molar-refractivity contribution in [3.63, 3.8) is 0 Å². The minimum atomic E-state index is 0.0157. The van der Waals surface area contributed by atoms with Gasteiger partial charge < -0.3 is 4.90 Å². The smallest absolute Gasteiger partial charge is 0.107 e. The summed E-state index contributed by atoms with van der Waals surface area (Å²) >= 11 is 1.72. The Hall–Kier alpha value is -0.960. The van der Waals surface area contributed by atoms with Gasteiger partial charge in [-0.3, -0.25) is 4.90 Å². The molecular formula is C16H26N4S. The summed E-state index contributed by atoms with van der Waals surface area (Å²) in [4.78, 5) is 11.0. The predicted octanol–water partition coefficient (Wildman–Crippen LogP) is 2.64. The van der Waals surface area contributed by atoms with Crippen molar-refractivity contribution in [2.75, 3.05) is 32.7 Å². The van der Waals surface area contributed by atoms with Crippen LogP contribution in [0.2, 0.25) is 0 Å². The zero-order valence-electron chi connectivity index (χ0n) is 13.6. The first-order chi connectivity index (χ1) is 9.94. The number of hydrogen-bond donors (Lipinski definition) is 0. The molecule has 0 N–H and O–H groups in total. The van der Waals surface area contributed by atoms with Crippen LogP contribution in [0.15, 0.2) is 0 Å². The molecule has 0 aliphatic carbocycles. The second-order valence-corrected chi connectivity index (χ2v) is 7.84. The van der Waals surface area contributed by atoms with Crippen molar-refractivity contribution in [3.05, 3.63) is 15.6 Å². The van der Waals surface area contributed by atoms with Gasteiger partial charge in [-0.2, -0.15) is 5.26 Å². The lowest BCUT2D eigenvalue weighted by Crippen LogP contribution is -2.45. The number of hydrogen-bond acceptors (Lipinski definition) is 5. The monoisotopic (exact) mass is 306 g/mol. The first-order valence-electron chi connectivity index (χ1n) is 7.74. The van der Waals surface area contributed by atoms with Gasteiger partial charge in [0, 0.05) is 36.5 Å². The lowest BCUT2D eigenvalue weighted by molar-refractivity contribution is 0.132. The summed E-state index contributed by atoms with van der Waals surface area (Å²) in [6.07, 6.45) is 0.480. The molecule has 4 nitrogen and oxygen atoms in total. The maximum absolute atomic E-state index is 9.01. The van der Waals surface area contributed by atoms with Crippen LogP contribution < -0.4 is 0 Å². The molecule has 0 atom stereocenters. The Bertz CT molecular complexity index is 501. The molecule has 0 spiro atoms. The number of aromatic nitrogens is 1. The summed E-state index contributed by atoms with van der Waals surface area (Å²) in [5, 5.41) is 10.2. The molecular weight excluding hydrogens is 280 g/mol. The number of thiazole rings is 1. The van der Waals surface area contributed by atoms with E-state index in [-0.39, 0.29) is 5.41 Å². The van der Waals surface area contributed by atoms with Gasteiger partial charge in [-0.15, -0.1) is 11.3 Å². The average molecular weight is 306 g/mol. The standard InChI is InChI=1S/C16H26N4S/c1-5-19-8-10-20(11-9-19)12-14-18-15(16(2,3)4)13(21-14)6-7-17/h5-6,8-12H2,1-4H3. The molecule has 0 bridgehead atoms. The van der Waals surface area contributed by atoms with E-state index in [1.165, 1.54) is 0 Å². The van der Waals surface area contributed by atoms with Gasteiger partial charge >= 0.3 is 0 Å². The zero-order valence-corrected chi connectivity index (χ0v) is 14.5. The molecule has 0 aromatic carbocycles. The van der Waals surface area contributed by atoms with Crippen LogP contribution in [0.5, 0.6) is 0 Å². The molecule has 1 aromatic heterocycles. The summed E-state index contributed by atoms with van der Waals surface area (Å²) in [5.74, 6) is 0. The van der Waals surface area contributed by atoms with Crippen LogP contribution in [0, 0.1) is 11.3 Å². The van der Waals surface area contributed by atoms with Gasteiger partial charge in [0.25, 0.3) is 0 Å². The van der Waals surface area contributed by atoms with Gasteiger partial charge in [0.15, 0.2) is 0 Å². The summed E-state index contributed by atoms with van der Waals surface area (Å²) in [5.41, 5.74) is 1.12. The molecule has 116 valence electrons. The summed E-state index contributed by atoms with van der Waals surface area (Å²) < 4.78 is 0. The van der Waals surface area contributed by atoms with Crippen LogP contribution in [0.1, 0.15) is 43.3 Å². The quantitative estimate of drug-likeness (QED) is 0.858. The molecule has 0 unspecified atom stereocenters. The Morgan fingerprint density at radius 1 is 1.19 bits per heavy atom. The van der Waals surface area contributed by atoms with Crippen LogP contribution in [0.25, 0.3) is 0 Å². The molecule has 1 aromatic rings. The Morgan fingerprint density at radius 2 is 1.81 bits per heavy atom. The minimum absolute atomic E-state index is 0.0157. The van der Waals surface area contributed by atoms with Gasteiger partial charge in [0.05, 0.1) is 24.7 Å². The van der Waals surface area contributed by atoms with Crippen molar-refractivity contribution in [2.45, 2.75) is 46.1 Å². The van der Waals surface area contributed by atoms with E-state index in [0.29, 0.717) is 6.42 Å². The van der Waals surface area contributed by atoms with Crippen LogP contribution in [-0.4, -0.2) is 47.5 Å². The van der Waals surface area contributed by atoms with Crippen molar-refractivity contribution in [3.8, 4) is 6.07 Å². The number of nitrogens with zero attached hydrogens (tertiary/aromatic N) is 4. The highest BCUT2D eigenvalue weighted by Crippen LogP contribution is 2.30. The maximum Gasteiger partial charge on any atom is 0.107 e. The third-order valence-corrected chi connectivity index (χ3v) is 5.00. The van der Waals surface area contributed by atoms with Gasteiger partial charge in [-0.25, -0.2) is 4.98 Å². The van der Waals surface area contributed by atoms with E-state index < -0.39 is 0 Å².